The van der Waals surface area contributed by atoms with Gasteiger partial charge in [0.25, 0.3) is 5.56 Å². The lowest BCUT2D eigenvalue weighted by Gasteiger charge is -2.14. The third-order valence-corrected chi connectivity index (χ3v) is 4.96. The summed E-state index contributed by atoms with van der Waals surface area (Å²) in [6, 6.07) is 9.43. The van der Waals surface area contributed by atoms with Crippen LogP contribution in [0.3, 0.4) is 0 Å². The van der Waals surface area contributed by atoms with Crippen LogP contribution in [0.15, 0.2) is 53.5 Å². The van der Waals surface area contributed by atoms with Crippen molar-refractivity contribution in [3.63, 3.8) is 0 Å². The number of ether oxygens (including phenoxy) is 1. The molecule has 2 heterocycles. The zero-order chi connectivity index (χ0) is 22.1. The Bertz CT molecular complexity index is 1370. The highest BCUT2D eigenvalue weighted by Crippen LogP contribution is 2.36. The molecule has 4 rings (SSSR count). The molecule has 2 aromatic carbocycles. The molecule has 0 saturated heterocycles. The van der Waals surface area contributed by atoms with Crippen molar-refractivity contribution >= 4 is 22.2 Å². The van der Waals surface area contributed by atoms with E-state index in [2.05, 4.69) is 14.8 Å². The van der Waals surface area contributed by atoms with Crippen molar-refractivity contribution in [3.05, 3.63) is 76.2 Å². The van der Waals surface area contributed by atoms with Crippen molar-refractivity contribution in [1.29, 1.82) is 0 Å². The van der Waals surface area contributed by atoms with E-state index in [1.54, 1.807) is 30.5 Å². The minimum atomic E-state index is -2.21. The standard InChI is InChI=1S/C20H16F2N4O4S/c1-26-20(27)19-13(6-7-23-19)18(25-26)14-8-11(10-24-31(28)29)2-4-16(14)30-17-5-3-12(21)9-15(17)22/h2-9,23-24H,10H2,1H3,(H,28,29). The van der Waals surface area contributed by atoms with Gasteiger partial charge in [-0.15, -0.1) is 0 Å². The summed E-state index contributed by atoms with van der Waals surface area (Å²) < 4.78 is 56.7. The summed E-state index contributed by atoms with van der Waals surface area (Å²) in [4.78, 5) is 15.2. The quantitative estimate of drug-likeness (QED) is 0.394. The number of hydrogen-bond acceptors (Lipinski definition) is 4. The molecule has 0 radical (unpaired) electrons. The Morgan fingerprint density at radius 3 is 2.71 bits per heavy atom. The molecule has 8 nitrogen and oxygen atoms in total. The van der Waals surface area contributed by atoms with Crippen LogP contribution < -0.4 is 15.0 Å². The van der Waals surface area contributed by atoms with Gasteiger partial charge in [0.15, 0.2) is 11.6 Å². The van der Waals surface area contributed by atoms with Gasteiger partial charge in [-0.25, -0.2) is 22.4 Å². The number of rotatable bonds is 6. The summed E-state index contributed by atoms with van der Waals surface area (Å²) in [5.41, 5.74) is 1.40. The number of halogens is 2. The Kier molecular flexibility index (Phi) is 5.63. The average Bonchev–Trinajstić information content (AvgIpc) is 3.22. The normalized spacial score (nSPS) is 12.3. The molecular weight excluding hydrogens is 430 g/mol. The molecule has 4 aromatic rings. The van der Waals surface area contributed by atoms with Gasteiger partial charge in [0, 0.05) is 36.8 Å². The lowest BCUT2D eigenvalue weighted by molar-refractivity contribution is 0.438. The second-order valence-corrected chi connectivity index (χ2v) is 7.41. The van der Waals surface area contributed by atoms with Crippen LogP contribution in [0, 0.1) is 11.6 Å². The van der Waals surface area contributed by atoms with E-state index < -0.39 is 22.9 Å². The highest BCUT2D eigenvalue weighted by molar-refractivity contribution is 7.77. The van der Waals surface area contributed by atoms with E-state index in [-0.39, 0.29) is 23.6 Å². The number of aromatic amines is 1. The van der Waals surface area contributed by atoms with Gasteiger partial charge in [-0.05, 0) is 35.9 Å². The Hall–Kier alpha value is -3.41. The topological polar surface area (TPSA) is 109 Å². The van der Waals surface area contributed by atoms with Crippen LogP contribution in [-0.2, 0) is 24.9 Å². The Balaban J connectivity index is 1.88. The molecule has 0 saturated carbocycles. The zero-order valence-corrected chi connectivity index (χ0v) is 16.9. The molecule has 0 amide bonds. The smallest absolute Gasteiger partial charge is 0.290 e. The first-order valence-corrected chi connectivity index (χ1v) is 10.1. The molecule has 0 aliphatic rings. The van der Waals surface area contributed by atoms with Crippen molar-refractivity contribution in [2.24, 2.45) is 7.05 Å². The number of benzene rings is 2. The van der Waals surface area contributed by atoms with E-state index in [1.165, 1.54) is 13.1 Å². The maximum Gasteiger partial charge on any atom is 0.290 e. The van der Waals surface area contributed by atoms with Crippen molar-refractivity contribution in [2.75, 3.05) is 0 Å². The fourth-order valence-electron chi connectivity index (χ4n) is 3.14. The highest BCUT2D eigenvalue weighted by atomic mass is 32.2. The number of aryl methyl sites for hydroxylation is 1. The van der Waals surface area contributed by atoms with Gasteiger partial charge < -0.3 is 9.72 Å². The fourth-order valence-corrected chi connectivity index (χ4v) is 3.43. The number of nitrogens with one attached hydrogen (secondary N) is 2. The number of aromatic nitrogens is 3. The summed E-state index contributed by atoms with van der Waals surface area (Å²) in [5.74, 6) is -1.61. The minimum Gasteiger partial charge on any atom is -0.454 e. The molecule has 2 aromatic heterocycles. The minimum absolute atomic E-state index is 0.0589. The SMILES string of the molecule is Cn1nc(-c2cc(CNS(=O)O)ccc2Oc2ccc(F)cc2F)c2cc[nH]c2c1=O. The van der Waals surface area contributed by atoms with Gasteiger partial charge in [0.1, 0.15) is 22.8 Å². The largest absolute Gasteiger partial charge is 0.454 e. The molecule has 3 N–H and O–H groups in total. The van der Waals surface area contributed by atoms with Crippen LogP contribution in [0.1, 0.15) is 5.56 Å². The molecule has 0 fully saturated rings. The van der Waals surface area contributed by atoms with E-state index in [1.807, 2.05) is 0 Å². The summed E-state index contributed by atoms with van der Waals surface area (Å²) in [7, 11) is 1.49. The van der Waals surface area contributed by atoms with Gasteiger partial charge in [-0.2, -0.15) is 5.10 Å². The van der Waals surface area contributed by atoms with E-state index >= 15 is 0 Å². The molecule has 31 heavy (non-hydrogen) atoms. The van der Waals surface area contributed by atoms with E-state index in [9.17, 15) is 17.8 Å². The zero-order valence-electron chi connectivity index (χ0n) is 16.1. The van der Waals surface area contributed by atoms with Crippen molar-refractivity contribution in [1.82, 2.24) is 19.5 Å². The second-order valence-electron chi connectivity index (χ2n) is 6.62. The molecular formula is C20H16F2N4O4S. The fraction of sp³-hybridized carbons (Fsp3) is 0.100. The van der Waals surface area contributed by atoms with E-state index in [4.69, 9.17) is 9.29 Å². The molecule has 0 aliphatic heterocycles. The van der Waals surface area contributed by atoms with Crippen molar-refractivity contribution < 1.29 is 22.3 Å². The first-order chi connectivity index (χ1) is 14.8. The summed E-state index contributed by atoms with van der Waals surface area (Å²) >= 11 is -2.21. The van der Waals surface area contributed by atoms with Crippen LogP contribution in [0.25, 0.3) is 22.2 Å². The van der Waals surface area contributed by atoms with Crippen molar-refractivity contribution in [3.8, 4) is 22.8 Å². The number of H-pyrrole nitrogens is 1. The van der Waals surface area contributed by atoms with Gasteiger partial charge in [0.05, 0.1) is 0 Å². The lowest BCUT2D eigenvalue weighted by atomic mass is 10.0. The first kappa shape index (κ1) is 20.8. The van der Waals surface area contributed by atoms with Crippen LogP contribution in [0.5, 0.6) is 11.5 Å². The lowest BCUT2D eigenvalue weighted by Crippen LogP contribution is -2.20. The van der Waals surface area contributed by atoms with Crippen LogP contribution in [0.2, 0.25) is 0 Å². The summed E-state index contributed by atoms with van der Waals surface area (Å²) in [5, 5.41) is 4.86. The summed E-state index contributed by atoms with van der Waals surface area (Å²) in [6.45, 7) is 0.0589. The Morgan fingerprint density at radius 2 is 1.97 bits per heavy atom. The molecule has 1 atom stereocenters. The van der Waals surface area contributed by atoms with Gasteiger partial charge >= 0.3 is 0 Å². The molecule has 0 aliphatic carbocycles. The predicted octanol–water partition coefficient (Wildman–Crippen LogP) is 3.23. The van der Waals surface area contributed by atoms with Gasteiger partial charge in [-0.1, -0.05) is 6.07 Å². The van der Waals surface area contributed by atoms with E-state index in [0.717, 1.165) is 10.7 Å². The molecule has 1 unspecified atom stereocenters. The van der Waals surface area contributed by atoms with Crippen LogP contribution >= 0.6 is 0 Å². The third-order valence-electron chi connectivity index (χ3n) is 4.57. The van der Waals surface area contributed by atoms with Gasteiger partial charge in [0.2, 0.25) is 11.3 Å². The maximum absolute atomic E-state index is 14.2. The maximum atomic E-state index is 14.2. The monoisotopic (exact) mass is 446 g/mol. The van der Waals surface area contributed by atoms with Crippen LogP contribution in [-0.4, -0.2) is 23.5 Å². The van der Waals surface area contributed by atoms with Gasteiger partial charge in [-0.3, -0.25) is 9.35 Å². The number of nitrogens with zero attached hydrogens (tertiary/aromatic N) is 2. The molecule has 0 bridgehead atoms. The third kappa shape index (κ3) is 4.24. The predicted molar refractivity (Wildman–Crippen MR) is 111 cm³/mol. The molecule has 0 spiro atoms. The molecule has 11 heteroatoms. The molecule has 160 valence electrons. The Labute approximate surface area is 176 Å². The Morgan fingerprint density at radius 1 is 1.19 bits per heavy atom. The summed E-state index contributed by atoms with van der Waals surface area (Å²) in [6.07, 6.45) is 1.59. The van der Waals surface area contributed by atoms with Crippen molar-refractivity contribution in [2.45, 2.75) is 6.54 Å². The van der Waals surface area contributed by atoms with Crippen LogP contribution in [0.4, 0.5) is 8.78 Å². The number of fused-ring (bicyclic) bond motifs is 1. The number of hydrogen-bond donors (Lipinski definition) is 3. The average molecular weight is 446 g/mol. The van der Waals surface area contributed by atoms with E-state index in [0.29, 0.717) is 33.8 Å². The highest BCUT2D eigenvalue weighted by Gasteiger charge is 2.18. The second kappa shape index (κ2) is 8.38. The first-order valence-electron chi connectivity index (χ1n) is 8.98.